The predicted octanol–water partition coefficient (Wildman–Crippen LogP) is 2.19. The van der Waals surface area contributed by atoms with Gasteiger partial charge in [0.05, 0.1) is 24.7 Å². The minimum Gasteiger partial charge on any atom is -0.494 e. The van der Waals surface area contributed by atoms with E-state index in [1.807, 2.05) is 21.0 Å². The Bertz CT molecular complexity index is 594. The van der Waals surface area contributed by atoms with Crippen LogP contribution in [0.3, 0.4) is 0 Å². The van der Waals surface area contributed by atoms with E-state index in [-0.39, 0.29) is 5.91 Å². The third kappa shape index (κ3) is 3.92. The molecule has 0 atom stereocenters. The molecule has 1 amide bonds. The second-order valence-electron chi connectivity index (χ2n) is 4.58. The summed E-state index contributed by atoms with van der Waals surface area (Å²) < 4.78 is 5.34. The van der Waals surface area contributed by atoms with Crippen molar-refractivity contribution < 1.29 is 9.53 Å². The summed E-state index contributed by atoms with van der Waals surface area (Å²) >= 11 is 0. The Hall–Kier alpha value is -2.63. The lowest BCUT2D eigenvalue weighted by molar-refractivity contribution is 0.102. The van der Waals surface area contributed by atoms with E-state index in [0.717, 1.165) is 5.75 Å². The van der Waals surface area contributed by atoms with Gasteiger partial charge < -0.3 is 15.0 Å². The van der Waals surface area contributed by atoms with Gasteiger partial charge in [-0.1, -0.05) is 0 Å². The van der Waals surface area contributed by atoms with Crippen molar-refractivity contribution in [2.75, 3.05) is 30.9 Å². The molecule has 0 spiro atoms. The van der Waals surface area contributed by atoms with Crippen LogP contribution in [0.1, 0.15) is 17.3 Å². The van der Waals surface area contributed by atoms with Crippen LogP contribution in [-0.2, 0) is 0 Å². The van der Waals surface area contributed by atoms with Crippen molar-refractivity contribution in [3.8, 4) is 5.75 Å². The van der Waals surface area contributed by atoms with Crippen LogP contribution in [0.25, 0.3) is 0 Å². The zero-order valence-electron chi connectivity index (χ0n) is 12.3. The first kappa shape index (κ1) is 14.8. The maximum absolute atomic E-state index is 12.1. The van der Waals surface area contributed by atoms with Crippen LogP contribution in [0, 0.1) is 0 Å². The van der Waals surface area contributed by atoms with Crippen molar-refractivity contribution >= 4 is 17.5 Å². The minimum absolute atomic E-state index is 0.209. The van der Waals surface area contributed by atoms with Gasteiger partial charge in [0.1, 0.15) is 5.75 Å². The molecule has 1 aromatic carbocycles. The first-order valence-corrected chi connectivity index (χ1v) is 6.63. The number of anilines is 2. The van der Waals surface area contributed by atoms with Crippen molar-refractivity contribution in [2.45, 2.75) is 6.92 Å². The molecule has 2 rings (SSSR count). The van der Waals surface area contributed by atoms with Crippen molar-refractivity contribution in [3.05, 3.63) is 42.2 Å². The number of rotatable bonds is 5. The van der Waals surface area contributed by atoms with Crippen molar-refractivity contribution in [2.24, 2.45) is 0 Å². The Morgan fingerprint density at radius 3 is 2.33 bits per heavy atom. The summed E-state index contributed by atoms with van der Waals surface area (Å²) in [6.45, 7) is 2.51. The van der Waals surface area contributed by atoms with E-state index in [0.29, 0.717) is 23.8 Å². The number of carbonyl (C=O) groups excluding carboxylic acids is 1. The largest absolute Gasteiger partial charge is 0.494 e. The van der Waals surface area contributed by atoms with Crippen LogP contribution >= 0.6 is 0 Å². The monoisotopic (exact) mass is 286 g/mol. The highest BCUT2D eigenvalue weighted by Gasteiger charge is 2.07. The summed E-state index contributed by atoms with van der Waals surface area (Å²) in [5.41, 5.74) is 1.11. The molecule has 6 heteroatoms. The van der Waals surface area contributed by atoms with Gasteiger partial charge in [-0.3, -0.25) is 4.79 Å². The number of carbonyl (C=O) groups is 1. The first-order chi connectivity index (χ1) is 10.1. The van der Waals surface area contributed by atoms with Crippen LogP contribution in [0.4, 0.5) is 11.6 Å². The first-order valence-electron chi connectivity index (χ1n) is 6.63. The molecule has 110 valence electrons. The second-order valence-corrected chi connectivity index (χ2v) is 4.58. The van der Waals surface area contributed by atoms with Crippen LogP contribution in [-0.4, -0.2) is 36.6 Å². The Labute approximate surface area is 123 Å². The van der Waals surface area contributed by atoms with E-state index < -0.39 is 0 Å². The van der Waals surface area contributed by atoms with Gasteiger partial charge in [-0.05, 0) is 31.2 Å². The van der Waals surface area contributed by atoms with E-state index in [4.69, 9.17) is 4.74 Å². The number of nitrogens with one attached hydrogen (secondary N) is 1. The molecule has 1 N–H and O–H groups in total. The lowest BCUT2D eigenvalue weighted by atomic mass is 10.2. The molecular formula is C15H18N4O2. The zero-order valence-corrected chi connectivity index (χ0v) is 12.3. The van der Waals surface area contributed by atoms with Crippen molar-refractivity contribution in [1.82, 2.24) is 9.97 Å². The number of ether oxygens (including phenoxy) is 1. The van der Waals surface area contributed by atoms with Crippen LogP contribution in [0.2, 0.25) is 0 Å². The molecule has 6 nitrogen and oxygen atoms in total. The average molecular weight is 286 g/mol. The van der Waals surface area contributed by atoms with Crippen LogP contribution < -0.4 is 15.0 Å². The molecule has 0 saturated carbocycles. The molecular weight excluding hydrogens is 268 g/mol. The molecule has 0 aliphatic rings. The van der Waals surface area contributed by atoms with Gasteiger partial charge in [-0.25, -0.2) is 9.97 Å². The molecule has 0 fully saturated rings. The van der Waals surface area contributed by atoms with Gasteiger partial charge in [-0.15, -0.1) is 0 Å². The number of hydrogen-bond donors (Lipinski definition) is 1. The van der Waals surface area contributed by atoms with Crippen LogP contribution in [0.5, 0.6) is 5.75 Å². The SMILES string of the molecule is CCOc1ccc(C(=O)Nc2cnc(N(C)C)nc2)cc1. The second kappa shape index (κ2) is 6.69. The van der Waals surface area contributed by atoms with Gasteiger partial charge in [0.2, 0.25) is 5.95 Å². The molecule has 0 unspecified atom stereocenters. The Morgan fingerprint density at radius 2 is 1.81 bits per heavy atom. The molecule has 0 radical (unpaired) electrons. The summed E-state index contributed by atoms with van der Waals surface area (Å²) in [6.07, 6.45) is 3.16. The molecule has 0 aliphatic heterocycles. The summed E-state index contributed by atoms with van der Waals surface area (Å²) in [4.78, 5) is 22.2. The zero-order chi connectivity index (χ0) is 15.2. The highest BCUT2D eigenvalue weighted by atomic mass is 16.5. The van der Waals surface area contributed by atoms with Gasteiger partial charge in [0.15, 0.2) is 0 Å². The van der Waals surface area contributed by atoms with Gasteiger partial charge in [-0.2, -0.15) is 0 Å². The number of nitrogens with zero attached hydrogens (tertiary/aromatic N) is 3. The van der Waals surface area contributed by atoms with E-state index in [1.165, 1.54) is 0 Å². The van der Waals surface area contributed by atoms with Gasteiger partial charge in [0.25, 0.3) is 5.91 Å². The van der Waals surface area contributed by atoms with Crippen molar-refractivity contribution in [3.63, 3.8) is 0 Å². The number of aromatic nitrogens is 2. The number of benzene rings is 1. The third-order valence-corrected chi connectivity index (χ3v) is 2.72. The molecule has 0 saturated heterocycles. The fourth-order valence-electron chi connectivity index (χ4n) is 1.69. The van der Waals surface area contributed by atoms with E-state index in [2.05, 4.69) is 15.3 Å². The molecule has 1 aromatic heterocycles. The number of amides is 1. The predicted molar refractivity (Wildman–Crippen MR) is 81.9 cm³/mol. The topological polar surface area (TPSA) is 67.3 Å². The standard InChI is InChI=1S/C15H18N4O2/c1-4-21-13-7-5-11(6-8-13)14(20)18-12-9-16-15(17-10-12)19(2)3/h5-10H,4H2,1-3H3,(H,18,20). The Morgan fingerprint density at radius 1 is 1.19 bits per heavy atom. The summed E-state index contributed by atoms with van der Waals surface area (Å²) in [5.74, 6) is 1.13. The van der Waals surface area contributed by atoms with Gasteiger partial charge >= 0.3 is 0 Å². The normalized spacial score (nSPS) is 10.0. The maximum Gasteiger partial charge on any atom is 0.255 e. The third-order valence-electron chi connectivity index (χ3n) is 2.72. The molecule has 21 heavy (non-hydrogen) atoms. The summed E-state index contributed by atoms with van der Waals surface area (Å²) in [6, 6.07) is 6.97. The highest BCUT2D eigenvalue weighted by Crippen LogP contribution is 2.14. The quantitative estimate of drug-likeness (QED) is 0.912. The van der Waals surface area contributed by atoms with E-state index in [9.17, 15) is 4.79 Å². The molecule has 0 bridgehead atoms. The highest BCUT2D eigenvalue weighted by molar-refractivity contribution is 6.04. The smallest absolute Gasteiger partial charge is 0.255 e. The average Bonchev–Trinajstić information content (AvgIpc) is 2.49. The van der Waals surface area contributed by atoms with E-state index >= 15 is 0 Å². The maximum atomic E-state index is 12.1. The summed E-state index contributed by atoms with van der Waals surface area (Å²) in [5, 5.41) is 2.75. The Balaban J connectivity index is 2.03. The summed E-state index contributed by atoms with van der Waals surface area (Å²) in [7, 11) is 3.71. The van der Waals surface area contributed by atoms with E-state index in [1.54, 1.807) is 41.6 Å². The molecule has 0 aliphatic carbocycles. The minimum atomic E-state index is -0.209. The lowest BCUT2D eigenvalue weighted by Crippen LogP contribution is -2.15. The fraction of sp³-hybridized carbons (Fsp3) is 0.267. The lowest BCUT2D eigenvalue weighted by Gasteiger charge is -2.10. The van der Waals surface area contributed by atoms with Crippen molar-refractivity contribution in [1.29, 1.82) is 0 Å². The van der Waals surface area contributed by atoms with Gasteiger partial charge in [0, 0.05) is 19.7 Å². The molecule has 2 aromatic rings. The number of hydrogen-bond acceptors (Lipinski definition) is 5. The Kier molecular flexibility index (Phi) is 4.71. The fourth-order valence-corrected chi connectivity index (χ4v) is 1.69. The van der Waals surface area contributed by atoms with Crippen LogP contribution in [0.15, 0.2) is 36.7 Å². The molecule has 1 heterocycles.